The van der Waals surface area contributed by atoms with E-state index >= 15 is 0 Å². The number of nitrogens with one attached hydrogen (secondary N) is 1. The van der Waals surface area contributed by atoms with Crippen LogP contribution in [0.5, 0.6) is 0 Å². The SMILES string of the molecule is CC1CCCCC1CNC(=O)c1c(N)cccc1Cl. The molecule has 1 saturated carbocycles. The molecule has 0 heterocycles. The smallest absolute Gasteiger partial charge is 0.254 e. The first-order chi connectivity index (χ1) is 9.09. The molecule has 2 atom stereocenters. The fourth-order valence-electron chi connectivity index (χ4n) is 2.79. The second kappa shape index (κ2) is 6.29. The summed E-state index contributed by atoms with van der Waals surface area (Å²) in [6.07, 6.45) is 5.02. The van der Waals surface area contributed by atoms with Crippen LogP contribution in [0.2, 0.25) is 5.02 Å². The monoisotopic (exact) mass is 280 g/mol. The quantitative estimate of drug-likeness (QED) is 0.833. The highest BCUT2D eigenvalue weighted by Crippen LogP contribution is 2.29. The lowest BCUT2D eigenvalue weighted by Crippen LogP contribution is -2.33. The van der Waals surface area contributed by atoms with E-state index in [0.717, 1.165) is 0 Å². The lowest BCUT2D eigenvalue weighted by Gasteiger charge is -2.28. The molecule has 3 nitrogen and oxygen atoms in total. The second-order valence-electron chi connectivity index (χ2n) is 5.44. The molecule has 2 unspecified atom stereocenters. The molecule has 1 aliphatic rings. The molecule has 3 N–H and O–H groups in total. The number of hydrogen-bond donors (Lipinski definition) is 2. The van der Waals surface area contributed by atoms with Gasteiger partial charge in [-0.2, -0.15) is 0 Å². The van der Waals surface area contributed by atoms with Gasteiger partial charge in [0.15, 0.2) is 0 Å². The number of benzene rings is 1. The van der Waals surface area contributed by atoms with Gasteiger partial charge in [-0.15, -0.1) is 0 Å². The molecule has 1 aromatic rings. The molecular formula is C15H21ClN2O. The average molecular weight is 281 g/mol. The molecule has 1 amide bonds. The average Bonchev–Trinajstić information content (AvgIpc) is 2.37. The van der Waals surface area contributed by atoms with Gasteiger partial charge in [-0.3, -0.25) is 4.79 Å². The molecule has 104 valence electrons. The maximum Gasteiger partial charge on any atom is 0.254 e. The Morgan fingerprint density at radius 1 is 1.42 bits per heavy atom. The van der Waals surface area contributed by atoms with Gasteiger partial charge in [-0.25, -0.2) is 0 Å². The molecule has 0 saturated heterocycles. The number of anilines is 1. The number of carbonyl (C=O) groups excluding carboxylic acids is 1. The van der Waals surface area contributed by atoms with Gasteiger partial charge in [-0.1, -0.05) is 43.9 Å². The highest BCUT2D eigenvalue weighted by atomic mass is 35.5. The molecule has 4 heteroatoms. The van der Waals surface area contributed by atoms with E-state index in [1.165, 1.54) is 25.7 Å². The largest absolute Gasteiger partial charge is 0.398 e. The molecule has 1 aliphatic carbocycles. The summed E-state index contributed by atoms with van der Waals surface area (Å²) in [4.78, 5) is 12.2. The molecule has 19 heavy (non-hydrogen) atoms. The number of halogens is 1. The summed E-state index contributed by atoms with van der Waals surface area (Å²) >= 11 is 6.03. The van der Waals surface area contributed by atoms with Gasteiger partial charge in [0.05, 0.1) is 10.6 Å². The number of amides is 1. The zero-order valence-corrected chi connectivity index (χ0v) is 12.0. The summed E-state index contributed by atoms with van der Waals surface area (Å²) in [6.45, 7) is 2.98. The van der Waals surface area contributed by atoms with E-state index in [2.05, 4.69) is 12.2 Å². The highest BCUT2D eigenvalue weighted by molar-refractivity contribution is 6.34. The Morgan fingerprint density at radius 2 is 2.16 bits per heavy atom. The van der Waals surface area contributed by atoms with Crippen molar-refractivity contribution in [2.45, 2.75) is 32.6 Å². The molecule has 0 aliphatic heterocycles. The van der Waals surface area contributed by atoms with Crippen molar-refractivity contribution in [2.24, 2.45) is 11.8 Å². The number of carbonyl (C=O) groups is 1. The van der Waals surface area contributed by atoms with Crippen LogP contribution in [0.25, 0.3) is 0 Å². The molecule has 0 aromatic heterocycles. The van der Waals surface area contributed by atoms with Crippen LogP contribution >= 0.6 is 11.6 Å². The van der Waals surface area contributed by atoms with Crippen molar-refractivity contribution in [3.8, 4) is 0 Å². The number of nitrogens with two attached hydrogens (primary N) is 1. The molecule has 1 aromatic carbocycles. The Kier molecular flexibility index (Phi) is 4.70. The van der Waals surface area contributed by atoms with Gasteiger partial charge in [-0.05, 0) is 30.4 Å². The summed E-state index contributed by atoms with van der Waals surface area (Å²) in [7, 11) is 0. The van der Waals surface area contributed by atoms with E-state index in [0.29, 0.717) is 34.7 Å². The fraction of sp³-hybridized carbons (Fsp3) is 0.533. The zero-order valence-electron chi connectivity index (χ0n) is 11.3. The zero-order chi connectivity index (χ0) is 13.8. The summed E-state index contributed by atoms with van der Waals surface area (Å²) in [5.41, 5.74) is 6.64. The minimum absolute atomic E-state index is 0.166. The third-order valence-electron chi connectivity index (χ3n) is 4.09. The highest BCUT2D eigenvalue weighted by Gasteiger charge is 2.22. The normalized spacial score (nSPS) is 23.1. The first-order valence-electron chi connectivity index (χ1n) is 6.91. The Labute approximate surface area is 119 Å². The Hall–Kier alpha value is -1.22. The van der Waals surface area contributed by atoms with Crippen LogP contribution in [0.1, 0.15) is 43.0 Å². The van der Waals surface area contributed by atoms with E-state index < -0.39 is 0 Å². The first kappa shape index (κ1) is 14.2. The van der Waals surface area contributed by atoms with Gasteiger partial charge in [0.2, 0.25) is 0 Å². The van der Waals surface area contributed by atoms with Crippen molar-refractivity contribution >= 4 is 23.2 Å². The van der Waals surface area contributed by atoms with E-state index in [9.17, 15) is 4.79 Å². The third kappa shape index (κ3) is 3.41. The van der Waals surface area contributed by atoms with Crippen LogP contribution < -0.4 is 11.1 Å². The molecular weight excluding hydrogens is 260 g/mol. The summed E-state index contributed by atoms with van der Waals surface area (Å²) < 4.78 is 0. The minimum atomic E-state index is -0.166. The lowest BCUT2D eigenvalue weighted by molar-refractivity contribution is 0.0937. The number of nitrogen functional groups attached to an aromatic ring is 1. The van der Waals surface area contributed by atoms with E-state index in [1.54, 1.807) is 18.2 Å². The maximum atomic E-state index is 12.2. The number of rotatable bonds is 3. The van der Waals surface area contributed by atoms with Crippen molar-refractivity contribution in [3.63, 3.8) is 0 Å². The lowest BCUT2D eigenvalue weighted by atomic mass is 9.80. The standard InChI is InChI=1S/C15H21ClN2O/c1-10-5-2-3-6-11(10)9-18-15(19)14-12(16)7-4-8-13(14)17/h4,7-8,10-11H,2-3,5-6,9,17H2,1H3,(H,18,19). The number of hydrogen-bond acceptors (Lipinski definition) is 2. The van der Waals surface area contributed by atoms with E-state index in [1.807, 2.05) is 0 Å². The van der Waals surface area contributed by atoms with E-state index in [4.69, 9.17) is 17.3 Å². The second-order valence-corrected chi connectivity index (χ2v) is 5.84. The fourth-order valence-corrected chi connectivity index (χ4v) is 3.06. The van der Waals surface area contributed by atoms with Crippen LogP contribution in [0.4, 0.5) is 5.69 Å². The van der Waals surface area contributed by atoms with Gasteiger partial charge < -0.3 is 11.1 Å². The Bertz CT molecular complexity index is 441. The van der Waals surface area contributed by atoms with Gasteiger partial charge in [0.25, 0.3) is 5.91 Å². The van der Waals surface area contributed by atoms with Crippen molar-refractivity contribution in [1.29, 1.82) is 0 Å². The molecule has 0 spiro atoms. The molecule has 0 bridgehead atoms. The maximum absolute atomic E-state index is 12.2. The van der Waals surface area contributed by atoms with Crippen molar-refractivity contribution in [2.75, 3.05) is 12.3 Å². The first-order valence-corrected chi connectivity index (χ1v) is 7.29. The minimum Gasteiger partial charge on any atom is -0.398 e. The molecule has 2 rings (SSSR count). The van der Waals surface area contributed by atoms with Crippen LogP contribution in [0.3, 0.4) is 0 Å². The van der Waals surface area contributed by atoms with Crippen LogP contribution in [-0.2, 0) is 0 Å². The molecule has 1 fully saturated rings. The Morgan fingerprint density at radius 3 is 2.84 bits per heavy atom. The summed E-state index contributed by atoms with van der Waals surface area (Å²) in [6, 6.07) is 5.14. The van der Waals surface area contributed by atoms with E-state index in [-0.39, 0.29) is 5.91 Å². The van der Waals surface area contributed by atoms with Crippen LogP contribution in [0, 0.1) is 11.8 Å². The topological polar surface area (TPSA) is 55.1 Å². The van der Waals surface area contributed by atoms with Gasteiger partial charge in [0.1, 0.15) is 0 Å². The van der Waals surface area contributed by atoms with Gasteiger partial charge >= 0.3 is 0 Å². The van der Waals surface area contributed by atoms with Crippen LogP contribution in [0.15, 0.2) is 18.2 Å². The van der Waals surface area contributed by atoms with Crippen molar-refractivity contribution in [1.82, 2.24) is 5.32 Å². The predicted octanol–water partition coefficient (Wildman–Crippen LogP) is 3.48. The molecule has 0 radical (unpaired) electrons. The van der Waals surface area contributed by atoms with Crippen molar-refractivity contribution in [3.05, 3.63) is 28.8 Å². The Balaban J connectivity index is 1.97. The summed E-state index contributed by atoms with van der Waals surface area (Å²) in [5.74, 6) is 1.08. The summed E-state index contributed by atoms with van der Waals surface area (Å²) in [5, 5.41) is 3.39. The third-order valence-corrected chi connectivity index (χ3v) is 4.40. The van der Waals surface area contributed by atoms with Gasteiger partial charge in [0, 0.05) is 12.2 Å². The predicted molar refractivity (Wildman–Crippen MR) is 79.3 cm³/mol. The van der Waals surface area contributed by atoms with Crippen LogP contribution in [-0.4, -0.2) is 12.5 Å². The van der Waals surface area contributed by atoms with Crippen molar-refractivity contribution < 1.29 is 4.79 Å².